The van der Waals surface area contributed by atoms with Crippen LogP contribution in [0.1, 0.15) is 25.8 Å². The van der Waals surface area contributed by atoms with Gasteiger partial charge in [0.15, 0.2) is 11.6 Å². The van der Waals surface area contributed by atoms with Crippen molar-refractivity contribution in [3.8, 4) is 0 Å². The lowest BCUT2D eigenvalue weighted by Crippen LogP contribution is -2.28. The molecule has 23 heavy (non-hydrogen) atoms. The van der Waals surface area contributed by atoms with Crippen molar-refractivity contribution >= 4 is 15.9 Å². The van der Waals surface area contributed by atoms with Crippen LogP contribution in [0.15, 0.2) is 29.2 Å². The third-order valence-corrected chi connectivity index (χ3v) is 5.42. The van der Waals surface area contributed by atoms with E-state index in [-0.39, 0.29) is 29.6 Å². The van der Waals surface area contributed by atoms with Gasteiger partial charge < -0.3 is 9.47 Å². The van der Waals surface area contributed by atoms with Crippen LogP contribution in [0.3, 0.4) is 0 Å². The van der Waals surface area contributed by atoms with Gasteiger partial charge in [-0.05, 0) is 32.9 Å². The number of hydrogen-bond acceptors (Lipinski definition) is 6. The minimum atomic E-state index is -3.85. The lowest BCUT2D eigenvalue weighted by Gasteiger charge is -2.21. The second-order valence-corrected chi connectivity index (χ2v) is 8.12. The molecule has 3 atom stereocenters. The third kappa shape index (κ3) is 3.33. The number of ketones is 1. The number of rotatable bonds is 4. The van der Waals surface area contributed by atoms with Crippen LogP contribution >= 0.6 is 0 Å². The molecule has 0 spiro atoms. The SMILES string of the molecule is Cc1ccc(S(=O)(=O)OC[C@H]2CC(=O)[C@@H]3OC(C)(C)O[C@H]23)cc1. The largest absolute Gasteiger partial charge is 0.344 e. The van der Waals surface area contributed by atoms with Crippen LogP contribution in [0.25, 0.3) is 0 Å². The fraction of sp³-hybridized carbons (Fsp3) is 0.562. The van der Waals surface area contributed by atoms with Crippen LogP contribution in [-0.2, 0) is 28.6 Å². The smallest absolute Gasteiger partial charge is 0.296 e. The lowest BCUT2D eigenvalue weighted by atomic mass is 10.1. The zero-order chi connectivity index (χ0) is 16.8. The summed E-state index contributed by atoms with van der Waals surface area (Å²) in [5.74, 6) is -1.23. The molecule has 1 aliphatic carbocycles. The molecule has 0 N–H and O–H groups in total. The Balaban J connectivity index is 1.68. The van der Waals surface area contributed by atoms with Crippen molar-refractivity contribution in [3.63, 3.8) is 0 Å². The van der Waals surface area contributed by atoms with Gasteiger partial charge in [-0.2, -0.15) is 8.42 Å². The number of carbonyl (C=O) groups is 1. The van der Waals surface area contributed by atoms with Crippen molar-refractivity contribution in [2.75, 3.05) is 6.61 Å². The predicted octanol–water partition coefficient (Wildman–Crippen LogP) is 1.81. The first kappa shape index (κ1) is 16.6. The van der Waals surface area contributed by atoms with E-state index < -0.39 is 28.1 Å². The fourth-order valence-corrected chi connectivity index (χ4v) is 3.94. The molecule has 3 rings (SSSR count). The monoisotopic (exact) mass is 340 g/mol. The van der Waals surface area contributed by atoms with Gasteiger partial charge >= 0.3 is 0 Å². The molecule has 1 aliphatic heterocycles. The highest BCUT2D eigenvalue weighted by molar-refractivity contribution is 7.86. The molecule has 2 aliphatic rings. The number of aryl methyl sites for hydroxylation is 1. The Hall–Kier alpha value is -1.28. The summed E-state index contributed by atoms with van der Waals surface area (Å²) in [7, 11) is -3.85. The molecule has 0 radical (unpaired) electrons. The van der Waals surface area contributed by atoms with E-state index in [0.29, 0.717) is 0 Å². The van der Waals surface area contributed by atoms with Crippen LogP contribution in [-0.4, -0.2) is 38.8 Å². The fourth-order valence-electron chi connectivity index (χ4n) is 2.98. The molecule has 1 aromatic rings. The van der Waals surface area contributed by atoms with Crippen molar-refractivity contribution < 1.29 is 26.9 Å². The molecule has 0 bridgehead atoms. The van der Waals surface area contributed by atoms with Crippen LogP contribution in [0.4, 0.5) is 0 Å². The topological polar surface area (TPSA) is 78.9 Å². The van der Waals surface area contributed by atoms with E-state index in [0.717, 1.165) is 5.56 Å². The molecular weight excluding hydrogens is 320 g/mol. The minimum Gasteiger partial charge on any atom is -0.344 e. The molecule has 1 heterocycles. The second-order valence-electron chi connectivity index (χ2n) is 6.50. The van der Waals surface area contributed by atoms with E-state index in [1.54, 1.807) is 26.0 Å². The Labute approximate surface area is 135 Å². The molecule has 1 saturated carbocycles. The molecule has 126 valence electrons. The van der Waals surface area contributed by atoms with Crippen molar-refractivity contribution in [2.45, 2.75) is 50.1 Å². The van der Waals surface area contributed by atoms with Gasteiger partial charge in [0.2, 0.25) is 0 Å². The highest BCUT2D eigenvalue weighted by atomic mass is 32.2. The van der Waals surface area contributed by atoms with Crippen molar-refractivity contribution in [1.29, 1.82) is 0 Å². The molecule has 1 aromatic carbocycles. The maximum atomic E-state index is 12.2. The van der Waals surface area contributed by atoms with Gasteiger partial charge in [-0.25, -0.2) is 0 Å². The van der Waals surface area contributed by atoms with Crippen LogP contribution in [0.5, 0.6) is 0 Å². The zero-order valence-electron chi connectivity index (χ0n) is 13.3. The molecule has 6 nitrogen and oxygen atoms in total. The van der Waals surface area contributed by atoms with E-state index in [4.69, 9.17) is 13.7 Å². The van der Waals surface area contributed by atoms with Gasteiger partial charge in [-0.1, -0.05) is 17.7 Å². The van der Waals surface area contributed by atoms with E-state index in [9.17, 15) is 13.2 Å². The highest BCUT2D eigenvalue weighted by Gasteiger charge is 2.53. The first-order chi connectivity index (χ1) is 10.7. The van der Waals surface area contributed by atoms with Crippen LogP contribution < -0.4 is 0 Å². The van der Waals surface area contributed by atoms with E-state index in [1.165, 1.54) is 12.1 Å². The van der Waals surface area contributed by atoms with Gasteiger partial charge in [-0.15, -0.1) is 0 Å². The molecule has 0 amide bonds. The Morgan fingerprint density at radius 2 is 1.87 bits per heavy atom. The standard InChI is InChI=1S/C16H20O6S/c1-10-4-6-12(7-5-10)23(18,19)20-9-11-8-13(17)15-14(11)21-16(2,3)22-15/h4-7,11,14-15H,8-9H2,1-3H3/t11-,14-,15+/m1/s1. The van der Waals surface area contributed by atoms with Crippen LogP contribution in [0, 0.1) is 12.8 Å². The number of carbonyl (C=O) groups excluding carboxylic acids is 1. The number of Topliss-reactive ketones (excluding diaryl/α,β-unsaturated/α-hetero) is 1. The highest BCUT2D eigenvalue weighted by Crippen LogP contribution is 2.40. The Kier molecular flexibility index (Phi) is 4.08. The van der Waals surface area contributed by atoms with Gasteiger partial charge in [0.05, 0.1) is 17.6 Å². The van der Waals surface area contributed by atoms with Crippen molar-refractivity contribution in [3.05, 3.63) is 29.8 Å². The van der Waals surface area contributed by atoms with Crippen LogP contribution in [0.2, 0.25) is 0 Å². The minimum absolute atomic E-state index is 0.0677. The van der Waals surface area contributed by atoms with Gasteiger partial charge in [0.25, 0.3) is 10.1 Å². The van der Waals surface area contributed by atoms with E-state index in [2.05, 4.69) is 0 Å². The zero-order valence-corrected chi connectivity index (χ0v) is 14.1. The summed E-state index contributed by atoms with van der Waals surface area (Å²) in [6.07, 6.45) is -0.874. The van der Waals surface area contributed by atoms with Crippen molar-refractivity contribution in [1.82, 2.24) is 0 Å². The molecule has 0 aromatic heterocycles. The summed E-state index contributed by atoms with van der Waals surface area (Å²) in [5.41, 5.74) is 0.965. The summed E-state index contributed by atoms with van der Waals surface area (Å²) in [6, 6.07) is 6.43. The third-order valence-electron chi connectivity index (χ3n) is 4.12. The normalized spacial score (nSPS) is 29.7. The summed E-state index contributed by atoms with van der Waals surface area (Å²) in [6.45, 7) is 5.25. The number of benzene rings is 1. The molecule has 1 saturated heterocycles. The summed E-state index contributed by atoms with van der Waals surface area (Å²) in [4.78, 5) is 12.1. The summed E-state index contributed by atoms with van der Waals surface area (Å²) < 4.78 is 40.9. The average molecular weight is 340 g/mol. The van der Waals surface area contributed by atoms with Gasteiger partial charge in [0.1, 0.15) is 6.10 Å². The summed E-state index contributed by atoms with van der Waals surface area (Å²) >= 11 is 0. The van der Waals surface area contributed by atoms with E-state index >= 15 is 0 Å². The molecule has 0 unspecified atom stereocenters. The lowest BCUT2D eigenvalue weighted by molar-refractivity contribution is -0.163. The quantitative estimate of drug-likeness (QED) is 0.778. The Morgan fingerprint density at radius 3 is 2.52 bits per heavy atom. The molecular formula is C16H20O6S. The Morgan fingerprint density at radius 1 is 1.22 bits per heavy atom. The number of fused-ring (bicyclic) bond motifs is 1. The second kappa shape index (κ2) is 5.66. The molecule has 2 fully saturated rings. The first-order valence-corrected chi connectivity index (χ1v) is 8.93. The van der Waals surface area contributed by atoms with Crippen molar-refractivity contribution in [2.24, 2.45) is 5.92 Å². The maximum Gasteiger partial charge on any atom is 0.296 e. The maximum absolute atomic E-state index is 12.2. The van der Waals surface area contributed by atoms with E-state index in [1.807, 2.05) is 6.92 Å². The van der Waals surface area contributed by atoms with Gasteiger partial charge in [0, 0.05) is 12.3 Å². The number of ether oxygens (including phenoxy) is 2. The summed E-state index contributed by atoms with van der Waals surface area (Å²) in [5, 5.41) is 0. The first-order valence-electron chi connectivity index (χ1n) is 7.52. The average Bonchev–Trinajstić information content (AvgIpc) is 2.92. The Bertz CT molecular complexity index is 707. The van der Waals surface area contributed by atoms with Gasteiger partial charge in [-0.3, -0.25) is 8.98 Å². The predicted molar refractivity (Wildman–Crippen MR) is 81.3 cm³/mol. The number of hydrogen-bond donors (Lipinski definition) is 0. The molecule has 7 heteroatoms.